The van der Waals surface area contributed by atoms with E-state index < -0.39 is 0 Å². The number of benzene rings is 2. The molecule has 2 fully saturated rings. The first-order valence-corrected chi connectivity index (χ1v) is 13.8. The summed E-state index contributed by atoms with van der Waals surface area (Å²) < 4.78 is 25.5. The van der Waals surface area contributed by atoms with Gasteiger partial charge >= 0.3 is 0 Å². The number of morpholine rings is 1. The van der Waals surface area contributed by atoms with E-state index in [9.17, 15) is 14.0 Å². The van der Waals surface area contributed by atoms with Crippen LogP contribution >= 0.6 is 0 Å². The van der Waals surface area contributed by atoms with Crippen LogP contribution in [0.2, 0.25) is 0 Å². The summed E-state index contributed by atoms with van der Waals surface area (Å²) in [7, 11) is 0. The highest BCUT2D eigenvalue weighted by Crippen LogP contribution is 2.29. The van der Waals surface area contributed by atoms with Gasteiger partial charge in [0.05, 0.1) is 19.8 Å². The molecule has 8 nitrogen and oxygen atoms in total. The second kappa shape index (κ2) is 13.1. The van der Waals surface area contributed by atoms with E-state index in [0.29, 0.717) is 38.2 Å². The van der Waals surface area contributed by atoms with Crippen LogP contribution in [0.1, 0.15) is 24.0 Å². The lowest BCUT2D eigenvalue weighted by atomic mass is 9.82. The summed E-state index contributed by atoms with van der Waals surface area (Å²) >= 11 is 0. The zero-order valence-corrected chi connectivity index (χ0v) is 22.2. The SMILES string of the molecule is O=C(C[C@@H]1CCN2C[C@@H]1/C=C\COc1ccc(N3CCOCC3)cc1CNCC2=O)NCc1ccccc1F. The maximum Gasteiger partial charge on any atom is 0.236 e. The van der Waals surface area contributed by atoms with Crippen molar-refractivity contribution in [2.24, 2.45) is 11.8 Å². The Morgan fingerprint density at radius 1 is 1.08 bits per heavy atom. The molecule has 39 heavy (non-hydrogen) atoms. The van der Waals surface area contributed by atoms with Crippen molar-refractivity contribution < 1.29 is 23.5 Å². The first kappa shape index (κ1) is 27.1. The first-order chi connectivity index (χ1) is 19.1. The number of nitrogens with one attached hydrogen (secondary N) is 2. The molecule has 0 aliphatic carbocycles. The molecule has 3 heterocycles. The first-order valence-electron chi connectivity index (χ1n) is 13.8. The number of hydrogen-bond donors (Lipinski definition) is 2. The Kier molecular flexibility index (Phi) is 9.11. The molecule has 3 aliphatic heterocycles. The van der Waals surface area contributed by atoms with Crippen LogP contribution in [0.3, 0.4) is 0 Å². The Balaban J connectivity index is 1.24. The zero-order chi connectivity index (χ0) is 27.0. The third kappa shape index (κ3) is 7.16. The van der Waals surface area contributed by atoms with E-state index in [4.69, 9.17) is 9.47 Å². The molecule has 2 aromatic rings. The van der Waals surface area contributed by atoms with Crippen LogP contribution in [0, 0.1) is 17.7 Å². The molecule has 0 spiro atoms. The number of ether oxygens (including phenoxy) is 2. The maximum absolute atomic E-state index is 13.9. The second-order valence-electron chi connectivity index (χ2n) is 10.4. The average molecular weight is 537 g/mol. The van der Waals surface area contributed by atoms with Crippen molar-refractivity contribution in [3.8, 4) is 5.75 Å². The van der Waals surface area contributed by atoms with Crippen molar-refractivity contribution in [1.82, 2.24) is 15.5 Å². The molecule has 2 bridgehead atoms. The molecule has 5 rings (SSSR count). The number of hydrogen-bond acceptors (Lipinski definition) is 6. The molecule has 2 amide bonds. The van der Waals surface area contributed by atoms with Crippen LogP contribution < -0.4 is 20.3 Å². The van der Waals surface area contributed by atoms with Crippen LogP contribution in [0.5, 0.6) is 5.75 Å². The third-order valence-electron chi connectivity index (χ3n) is 7.77. The molecule has 3 aliphatic rings. The number of rotatable bonds is 5. The van der Waals surface area contributed by atoms with Gasteiger partial charge in [-0.3, -0.25) is 9.59 Å². The van der Waals surface area contributed by atoms with E-state index in [1.807, 2.05) is 17.0 Å². The number of carbonyl (C=O) groups is 2. The molecule has 0 unspecified atom stereocenters. The standard InChI is InChI=1S/C30H37FN4O4/c31-27-6-2-1-4-23(27)19-33-29(36)17-22-9-10-35-21-24(22)5-3-13-39-28-8-7-26(34-11-14-38-15-12-34)16-25(28)18-32-20-30(35)37/h1-8,16,22,24,32H,9-15,17-21H2,(H,33,36)/b5-3-/t22-,24-/m0/s1. The monoisotopic (exact) mass is 536 g/mol. The van der Waals surface area contributed by atoms with Gasteiger partial charge in [-0.15, -0.1) is 0 Å². The molecule has 0 radical (unpaired) electrons. The predicted molar refractivity (Wildman–Crippen MR) is 147 cm³/mol. The molecule has 2 aromatic carbocycles. The van der Waals surface area contributed by atoms with Gasteiger partial charge in [-0.05, 0) is 42.5 Å². The Hall–Kier alpha value is -3.43. The normalized spacial score (nSPS) is 22.9. The number of amides is 2. The Bertz CT molecular complexity index is 1180. The van der Waals surface area contributed by atoms with Crippen LogP contribution in [0.4, 0.5) is 10.1 Å². The fraction of sp³-hybridized carbons (Fsp3) is 0.467. The minimum Gasteiger partial charge on any atom is -0.489 e. The predicted octanol–water partition coefficient (Wildman–Crippen LogP) is 2.87. The van der Waals surface area contributed by atoms with Crippen LogP contribution in [0.15, 0.2) is 54.6 Å². The van der Waals surface area contributed by atoms with Crippen molar-refractivity contribution in [2.75, 3.05) is 57.4 Å². The van der Waals surface area contributed by atoms with Gasteiger partial charge in [-0.25, -0.2) is 4.39 Å². The average Bonchev–Trinajstić information content (AvgIpc) is 2.97. The number of halogens is 1. The van der Waals surface area contributed by atoms with Gasteiger partial charge in [0.2, 0.25) is 11.8 Å². The Morgan fingerprint density at radius 3 is 2.77 bits per heavy atom. The van der Waals surface area contributed by atoms with Gasteiger partial charge < -0.3 is 29.9 Å². The van der Waals surface area contributed by atoms with E-state index >= 15 is 0 Å². The van der Waals surface area contributed by atoms with Crippen LogP contribution in [0.25, 0.3) is 0 Å². The summed E-state index contributed by atoms with van der Waals surface area (Å²) in [4.78, 5) is 30.0. The van der Waals surface area contributed by atoms with Gasteiger partial charge in [0, 0.05) is 62.5 Å². The summed E-state index contributed by atoms with van der Waals surface area (Å²) in [6.07, 6.45) is 5.14. The highest BCUT2D eigenvalue weighted by atomic mass is 19.1. The molecule has 9 heteroatoms. The van der Waals surface area contributed by atoms with Gasteiger partial charge in [0.25, 0.3) is 0 Å². The Morgan fingerprint density at radius 2 is 1.92 bits per heavy atom. The lowest BCUT2D eigenvalue weighted by Crippen LogP contribution is -2.47. The van der Waals surface area contributed by atoms with Crippen molar-refractivity contribution in [1.29, 1.82) is 0 Å². The number of anilines is 1. The van der Waals surface area contributed by atoms with Gasteiger partial charge in [0.1, 0.15) is 18.2 Å². The smallest absolute Gasteiger partial charge is 0.236 e. The molecule has 2 saturated heterocycles. The molecular weight excluding hydrogens is 499 g/mol. The van der Waals surface area contributed by atoms with Gasteiger partial charge in [0.15, 0.2) is 0 Å². The van der Waals surface area contributed by atoms with Crippen molar-refractivity contribution in [2.45, 2.75) is 25.9 Å². The fourth-order valence-corrected chi connectivity index (χ4v) is 5.52. The topological polar surface area (TPSA) is 83.1 Å². The summed E-state index contributed by atoms with van der Waals surface area (Å²) in [5.74, 6) is 0.546. The van der Waals surface area contributed by atoms with E-state index in [2.05, 4.69) is 33.7 Å². The van der Waals surface area contributed by atoms with E-state index in [-0.39, 0.29) is 42.6 Å². The summed E-state index contributed by atoms with van der Waals surface area (Å²) in [6, 6.07) is 12.7. The second-order valence-corrected chi connectivity index (χ2v) is 10.4. The van der Waals surface area contributed by atoms with Crippen LogP contribution in [-0.4, -0.2) is 69.3 Å². The molecule has 2 atom stereocenters. The minimum atomic E-state index is -0.324. The van der Waals surface area contributed by atoms with Crippen molar-refractivity contribution >= 4 is 17.5 Å². The number of fused-ring (bicyclic) bond motifs is 3. The zero-order valence-electron chi connectivity index (χ0n) is 22.2. The van der Waals surface area contributed by atoms with E-state index in [1.165, 1.54) is 6.07 Å². The van der Waals surface area contributed by atoms with E-state index in [0.717, 1.165) is 49.7 Å². The Labute approximate surface area is 229 Å². The number of carbonyl (C=O) groups excluding carboxylic acids is 2. The lowest BCUT2D eigenvalue weighted by molar-refractivity contribution is -0.132. The molecule has 2 N–H and O–H groups in total. The molecule has 0 aromatic heterocycles. The summed E-state index contributed by atoms with van der Waals surface area (Å²) in [6.45, 7) is 5.67. The molecule has 0 saturated carbocycles. The minimum absolute atomic E-state index is 0.0365. The van der Waals surface area contributed by atoms with Gasteiger partial charge in [-0.2, -0.15) is 0 Å². The molecular formula is C30H37FN4O4. The summed E-state index contributed by atoms with van der Waals surface area (Å²) in [5, 5.41) is 6.17. The summed E-state index contributed by atoms with van der Waals surface area (Å²) in [5.41, 5.74) is 2.61. The van der Waals surface area contributed by atoms with Crippen molar-refractivity contribution in [3.05, 3.63) is 71.6 Å². The fourth-order valence-electron chi connectivity index (χ4n) is 5.52. The lowest BCUT2D eigenvalue weighted by Gasteiger charge is -2.37. The third-order valence-corrected chi connectivity index (χ3v) is 7.77. The van der Waals surface area contributed by atoms with Crippen LogP contribution in [-0.2, 0) is 27.4 Å². The van der Waals surface area contributed by atoms with Gasteiger partial charge in [-0.1, -0.05) is 30.4 Å². The molecule has 208 valence electrons. The van der Waals surface area contributed by atoms with Crippen molar-refractivity contribution in [3.63, 3.8) is 0 Å². The quantitative estimate of drug-likeness (QED) is 0.572. The number of piperidine rings is 1. The highest BCUT2D eigenvalue weighted by molar-refractivity contribution is 5.79. The number of nitrogens with zero attached hydrogens (tertiary/aromatic N) is 2. The maximum atomic E-state index is 13.9. The van der Waals surface area contributed by atoms with E-state index in [1.54, 1.807) is 18.2 Å². The largest absolute Gasteiger partial charge is 0.489 e. The highest BCUT2D eigenvalue weighted by Gasteiger charge is 2.31.